The van der Waals surface area contributed by atoms with Crippen LogP contribution in [0.25, 0.3) is 0 Å². The van der Waals surface area contributed by atoms with Crippen molar-refractivity contribution in [1.29, 1.82) is 0 Å². The standard InChI is InChI=1S/C17H27O/c1-3-5-6-7-8-9-10-13-16-14-11-12-15-17(16)18-4-2/h4,11-12,14-15H,3,5-10,13H2,1-2H3. The number of benzene rings is 1. The monoisotopic (exact) mass is 247 g/mol. The van der Waals surface area contributed by atoms with Crippen LogP contribution in [0.1, 0.15) is 64.4 Å². The van der Waals surface area contributed by atoms with Crippen LogP contribution in [0.5, 0.6) is 5.75 Å². The average molecular weight is 247 g/mol. The molecular formula is C17H27O. The first-order valence-electron chi connectivity index (χ1n) is 7.41. The smallest absolute Gasteiger partial charge is 0.132 e. The summed E-state index contributed by atoms with van der Waals surface area (Å²) in [5.41, 5.74) is 1.34. The van der Waals surface area contributed by atoms with Crippen molar-refractivity contribution in [2.45, 2.75) is 65.2 Å². The van der Waals surface area contributed by atoms with Gasteiger partial charge < -0.3 is 4.74 Å². The highest BCUT2D eigenvalue weighted by Crippen LogP contribution is 2.21. The van der Waals surface area contributed by atoms with Gasteiger partial charge in [-0.15, -0.1) is 0 Å². The summed E-state index contributed by atoms with van der Waals surface area (Å²) in [5, 5.41) is 0. The van der Waals surface area contributed by atoms with Crippen molar-refractivity contribution in [2.75, 3.05) is 0 Å². The minimum absolute atomic E-state index is 1.02. The normalized spacial score (nSPS) is 10.6. The van der Waals surface area contributed by atoms with E-state index in [0.717, 1.165) is 12.2 Å². The van der Waals surface area contributed by atoms with Crippen LogP contribution in [-0.2, 0) is 6.42 Å². The quantitative estimate of drug-likeness (QED) is 0.493. The summed E-state index contributed by atoms with van der Waals surface area (Å²) in [5.74, 6) is 1.02. The third-order valence-electron chi connectivity index (χ3n) is 3.27. The van der Waals surface area contributed by atoms with Crippen LogP contribution in [-0.4, -0.2) is 0 Å². The fraction of sp³-hybridized carbons (Fsp3) is 0.588. The van der Waals surface area contributed by atoms with Gasteiger partial charge >= 0.3 is 0 Å². The maximum Gasteiger partial charge on any atom is 0.132 e. The molecule has 0 aliphatic carbocycles. The summed E-state index contributed by atoms with van der Waals surface area (Å²) in [4.78, 5) is 0. The molecule has 0 heterocycles. The second kappa shape index (κ2) is 9.99. The van der Waals surface area contributed by atoms with E-state index in [1.165, 1.54) is 50.5 Å². The molecule has 1 radical (unpaired) electrons. The third-order valence-corrected chi connectivity index (χ3v) is 3.27. The Kier molecular flexibility index (Phi) is 8.37. The van der Waals surface area contributed by atoms with Crippen molar-refractivity contribution >= 4 is 0 Å². The van der Waals surface area contributed by atoms with Crippen LogP contribution in [0, 0.1) is 6.61 Å². The van der Waals surface area contributed by atoms with E-state index in [0.29, 0.717) is 0 Å². The molecular weight excluding hydrogens is 220 g/mol. The van der Waals surface area contributed by atoms with Crippen LogP contribution in [0.3, 0.4) is 0 Å². The maximum absolute atomic E-state index is 5.52. The number of ether oxygens (including phenoxy) is 1. The molecule has 101 valence electrons. The largest absolute Gasteiger partial charge is 0.487 e. The van der Waals surface area contributed by atoms with Crippen molar-refractivity contribution in [2.24, 2.45) is 0 Å². The Hall–Kier alpha value is -0.980. The lowest BCUT2D eigenvalue weighted by atomic mass is 10.0. The molecule has 1 nitrogen and oxygen atoms in total. The van der Waals surface area contributed by atoms with Crippen LogP contribution in [0.4, 0.5) is 0 Å². The molecule has 0 spiro atoms. The summed E-state index contributed by atoms with van der Waals surface area (Å²) >= 11 is 0. The van der Waals surface area contributed by atoms with E-state index in [1.807, 2.05) is 13.0 Å². The predicted octanol–water partition coefficient (Wildman–Crippen LogP) is 5.54. The molecule has 0 fully saturated rings. The second-order valence-corrected chi connectivity index (χ2v) is 4.83. The molecule has 0 aliphatic rings. The fourth-order valence-corrected chi connectivity index (χ4v) is 2.22. The van der Waals surface area contributed by atoms with Crippen molar-refractivity contribution < 1.29 is 4.74 Å². The first kappa shape index (κ1) is 15.1. The van der Waals surface area contributed by atoms with E-state index in [1.54, 1.807) is 6.61 Å². The molecule has 0 atom stereocenters. The van der Waals surface area contributed by atoms with Gasteiger partial charge in [-0.1, -0.05) is 63.6 Å². The van der Waals surface area contributed by atoms with Crippen molar-refractivity contribution in [1.82, 2.24) is 0 Å². The number of hydrogen-bond acceptors (Lipinski definition) is 1. The number of hydrogen-bond donors (Lipinski definition) is 0. The lowest BCUT2D eigenvalue weighted by Gasteiger charge is -2.09. The average Bonchev–Trinajstić information content (AvgIpc) is 2.40. The van der Waals surface area contributed by atoms with Crippen LogP contribution in [0.2, 0.25) is 0 Å². The molecule has 0 aromatic heterocycles. The molecule has 18 heavy (non-hydrogen) atoms. The minimum Gasteiger partial charge on any atom is -0.487 e. The van der Waals surface area contributed by atoms with Gasteiger partial charge in [0.05, 0.1) is 0 Å². The van der Waals surface area contributed by atoms with Gasteiger partial charge in [0.15, 0.2) is 0 Å². The van der Waals surface area contributed by atoms with E-state index < -0.39 is 0 Å². The van der Waals surface area contributed by atoms with Crippen molar-refractivity contribution in [3.63, 3.8) is 0 Å². The molecule has 1 heteroatoms. The number of rotatable bonds is 10. The minimum atomic E-state index is 1.02. The lowest BCUT2D eigenvalue weighted by Crippen LogP contribution is -1.93. The number of unbranched alkanes of at least 4 members (excludes halogenated alkanes) is 6. The third kappa shape index (κ3) is 6.09. The van der Waals surface area contributed by atoms with Gasteiger partial charge in [0.1, 0.15) is 12.4 Å². The van der Waals surface area contributed by atoms with Gasteiger partial charge in [-0.05, 0) is 31.4 Å². The molecule has 1 aromatic carbocycles. The molecule has 0 saturated carbocycles. The molecule has 0 amide bonds. The predicted molar refractivity (Wildman–Crippen MR) is 78.7 cm³/mol. The van der Waals surface area contributed by atoms with Crippen LogP contribution < -0.4 is 4.74 Å². The lowest BCUT2D eigenvalue weighted by molar-refractivity contribution is 0.410. The van der Waals surface area contributed by atoms with Gasteiger partial charge in [-0.25, -0.2) is 0 Å². The van der Waals surface area contributed by atoms with Crippen molar-refractivity contribution in [3.8, 4) is 5.75 Å². The Morgan fingerprint density at radius 2 is 1.61 bits per heavy atom. The number of aryl methyl sites for hydroxylation is 1. The highest BCUT2D eigenvalue weighted by Gasteiger charge is 2.01. The molecule has 0 N–H and O–H groups in total. The summed E-state index contributed by atoms with van der Waals surface area (Å²) in [6, 6.07) is 8.36. The van der Waals surface area contributed by atoms with E-state index in [-0.39, 0.29) is 0 Å². The highest BCUT2D eigenvalue weighted by molar-refractivity contribution is 5.33. The Morgan fingerprint density at radius 3 is 2.33 bits per heavy atom. The van der Waals surface area contributed by atoms with Gasteiger partial charge in [-0.2, -0.15) is 0 Å². The zero-order valence-electron chi connectivity index (χ0n) is 12.0. The molecule has 0 unspecified atom stereocenters. The Bertz CT molecular complexity index is 306. The van der Waals surface area contributed by atoms with E-state index >= 15 is 0 Å². The summed E-state index contributed by atoms with van der Waals surface area (Å²) < 4.78 is 5.52. The zero-order valence-corrected chi connectivity index (χ0v) is 12.0. The van der Waals surface area contributed by atoms with Gasteiger partial charge in [-0.3, -0.25) is 0 Å². The van der Waals surface area contributed by atoms with Crippen LogP contribution in [0.15, 0.2) is 24.3 Å². The van der Waals surface area contributed by atoms with Gasteiger partial charge in [0.2, 0.25) is 0 Å². The number of para-hydroxylation sites is 1. The Morgan fingerprint density at radius 1 is 0.944 bits per heavy atom. The summed E-state index contributed by atoms with van der Waals surface area (Å²) in [6.45, 7) is 5.94. The first-order chi connectivity index (χ1) is 8.88. The SMILES string of the molecule is C[CH]Oc1ccccc1CCCCCCCCC. The first-order valence-corrected chi connectivity index (χ1v) is 7.41. The highest BCUT2D eigenvalue weighted by atomic mass is 16.5. The Labute approximate surface area is 113 Å². The zero-order chi connectivity index (χ0) is 13.1. The van der Waals surface area contributed by atoms with Crippen LogP contribution >= 0.6 is 0 Å². The van der Waals surface area contributed by atoms with E-state index in [9.17, 15) is 0 Å². The maximum atomic E-state index is 5.52. The Balaban J connectivity index is 2.18. The molecule has 0 saturated heterocycles. The van der Waals surface area contributed by atoms with E-state index in [2.05, 4.69) is 25.1 Å². The topological polar surface area (TPSA) is 9.23 Å². The molecule has 1 rings (SSSR count). The second-order valence-electron chi connectivity index (χ2n) is 4.83. The fourth-order valence-electron chi connectivity index (χ4n) is 2.22. The summed E-state index contributed by atoms with van der Waals surface area (Å²) in [7, 11) is 0. The summed E-state index contributed by atoms with van der Waals surface area (Å²) in [6.07, 6.45) is 10.7. The van der Waals surface area contributed by atoms with Crippen molar-refractivity contribution in [3.05, 3.63) is 36.4 Å². The van der Waals surface area contributed by atoms with E-state index in [4.69, 9.17) is 4.74 Å². The molecule has 1 aromatic rings. The molecule has 0 bridgehead atoms. The van der Waals surface area contributed by atoms with Gasteiger partial charge in [0.25, 0.3) is 0 Å². The molecule has 0 aliphatic heterocycles. The van der Waals surface area contributed by atoms with Gasteiger partial charge in [0, 0.05) is 0 Å².